The highest BCUT2D eigenvalue weighted by Gasteiger charge is 2.40. The van der Waals surface area contributed by atoms with E-state index in [1.165, 1.54) is 0 Å². The minimum absolute atomic E-state index is 0.244. The number of hydrogen-bond acceptors (Lipinski definition) is 4. The van der Waals surface area contributed by atoms with Crippen LogP contribution in [0.2, 0.25) is 0 Å². The van der Waals surface area contributed by atoms with Crippen LogP contribution in [-0.4, -0.2) is 18.2 Å². The van der Waals surface area contributed by atoms with Gasteiger partial charge >= 0.3 is 5.97 Å². The van der Waals surface area contributed by atoms with E-state index >= 15 is 0 Å². The largest absolute Gasteiger partial charge is 0.497 e. The summed E-state index contributed by atoms with van der Waals surface area (Å²) in [6.45, 7) is 0. The molecule has 1 aliphatic heterocycles. The number of aliphatic hydroxyl groups is 1. The lowest BCUT2D eigenvalue weighted by atomic mass is 10.0. The van der Waals surface area contributed by atoms with Gasteiger partial charge in [-0.25, -0.2) is 0 Å². The highest BCUT2D eigenvalue weighted by molar-refractivity contribution is 5.72. The second-order valence-electron chi connectivity index (χ2n) is 3.49. The number of esters is 1. The van der Waals surface area contributed by atoms with Gasteiger partial charge in [0.25, 0.3) is 0 Å². The molecular weight excluding hydrogens is 196 g/mol. The highest BCUT2D eigenvalue weighted by atomic mass is 16.7. The Morgan fingerprint density at radius 3 is 2.93 bits per heavy atom. The molecule has 4 nitrogen and oxygen atoms in total. The molecular formula is C11H12O4. The Labute approximate surface area is 87.4 Å². The van der Waals surface area contributed by atoms with E-state index in [9.17, 15) is 9.90 Å². The maximum Gasteiger partial charge on any atom is 0.308 e. The van der Waals surface area contributed by atoms with E-state index in [-0.39, 0.29) is 12.4 Å². The van der Waals surface area contributed by atoms with Gasteiger partial charge in [0.2, 0.25) is 5.79 Å². The van der Waals surface area contributed by atoms with Crippen molar-refractivity contribution < 1.29 is 19.4 Å². The molecule has 0 amide bonds. The van der Waals surface area contributed by atoms with E-state index < -0.39 is 5.79 Å². The predicted molar refractivity (Wildman–Crippen MR) is 52.2 cm³/mol. The van der Waals surface area contributed by atoms with Crippen LogP contribution in [0.15, 0.2) is 24.3 Å². The molecule has 0 spiro atoms. The lowest BCUT2D eigenvalue weighted by molar-refractivity contribution is -0.193. The van der Waals surface area contributed by atoms with Crippen molar-refractivity contribution >= 4 is 5.97 Å². The molecule has 0 radical (unpaired) electrons. The number of carbonyl (C=O) groups excluding carboxylic acids is 1. The lowest BCUT2D eigenvalue weighted by Crippen LogP contribution is -2.24. The van der Waals surface area contributed by atoms with E-state index in [4.69, 9.17) is 9.47 Å². The Kier molecular flexibility index (Phi) is 2.36. The molecule has 1 saturated heterocycles. The zero-order chi connectivity index (χ0) is 10.9. The Hall–Kier alpha value is -1.55. The Bertz CT molecular complexity index is 388. The standard InChI is InChI=1S/C11H12O4/c1-14-9-4-2-3-8(7-9)11(13)6-5-10(12)15-11/h2-4,7,13H,5-6H2,1H3. The van der Waals surface area contributed by atoms with Gasteiger partial charge in [-0.3, -0.25) is 4.79 Å². The van der Waals surface area contributed by atoms with Crippen LogP contribution < -0.4 is 4.74 Å². The highest BCUT2D eigenvalue weighted by Crippen LogP contribution is 2.35. The number of carbonyl (C=O) groups is 1. The van der Waals surface area contributed by atoms with Gasteiger partial charge in [0.05, 0.1) is 13.5 Å². The number of hydrogen-bond donors (Lipinski definition) is 1. The van der Waals surface area contributed by atoms with Crippen LogP contribution in [-0.2, 0) is 15.3 Å². The summed E-state index contributed by atoms with van der Waals surface area (Å²) in [4.78, 5) is 11.0. The third-order valence-corrected chi connectivity index (χ3v) is 2.47. The Morgan fingerprint density at radius 1 is 1.53 bits per heavy atom. The average molecular weight is 208 g/mol. The first kappa shape index (κ1) is 9.98. The van der Waals surface area contributed by atoms with Crippen LogP contribution in [0.5, 0.6) is 5.75 Å². The molecule has 15 heavy (non-hydrogen) atoms. The molecule has 80 valence electrons. The SMILES string of the molecule is COc1cccc(C2(O)CCC(=O)O2)c1. The van der Waals surface area contributed by atoms with Gasteiger partial charge in [-0.15, -0.1) is 0 Å². The van der Waals surface area contributed by atoms with E-state index in [0.717, 1.165) is 0 Å². The van der Waals surface area contributed by atoms with Crippen molar-refractivity contribution in [1.29, 1.82) is 0 Å². The molecule has 0 aliphatic carbocycles. The molecule has 1 heterocycles. The Morgan fingerprint density at radius 2 is 2.33 bits per heavy atom. The lowest BCUT2D eigenvalue weighted by Gasteiger charge is -2.21. The van der Waals surface area contributed by atoms with Gasteiger partial charge in [-0.2, -0.15) is 0 Å². The van der Waals surface area contributed by atoms with Crippen molar-refractivity contribution in [3.05, 3.63) is 29.8 Å². The third-order valence-electron chi connectivity index (χ3n) is 2.47. The first-order chi connectivity index (χ1) is 7.14. The van der Waals surface area contributed by atoms with Crippen molar-refractivity contribution in [2.24, 2.45) is 0 Å². The molecule has 0 saturated carbocycles. The molecule has 4 heteroatoms. The van der Waals surface area contributed by atoms with Crippen LogP contribution in [0.25, 0.3) is 0 Å². The summed E-state index contributed by atoms with van der Waals surface area (Å²) in [5.74, 6) is -1.23. The minimum atomic E-state index is -1.48. The number of rotatable bonds is 2. The molecule has 1 aromatic rings. The number of benzene rings is 1. The first-order valence-electron chi connectivity index (χ1n) is 4.73. The van der Waals surface area contributed by atoms with Crippen LogP contribution in [0.4, 0.5) is 0 Å². The van der Waals surface area contributed by atoms with E-state index in [1.807, 2.05) is 0 Å². The summed E-state index contributed by atoms with van der Waals surface area (Å²) in [5.41, 5.74) is 0.549. The summed E-state index contributed by atoms with van der Waals surface area (Å²) in [5, 5.41) is 10.1. The summed E-state index contributed by atoms with van der Waals surface area (Å²) >= 11 is 0. The molecule has 1 N–H and O–H groups in total. The van der Waals surface area contributed by atoms with Crippen molar-refractivity contribution in [3.63, 3.8) is 0 Å². The average Bonchev–Trinajstić information content (AvgIpc) is 2.60. The fourth-order valence-corrected chi connectivity index (χ4v) is 1.63. The van der Waals surface area contributed by atoms with Gasteiger partial charge in [0.15, 0.2) is 0 Å². The molecule has 1 unspecified atom stereocenters. The zero-order valence-electron chi connectivity index (χ0n) is 8.40. The van der Waals surface area contributed by atoms with Gasteiger partial charge in [-0.1, -0.05) is 12.1 Å². The van der Waals surface area contributed by atoms with Gasteiger partial charge < -0.3 is 14.6 Å². The van der Waals surface area contributed by atoms with Gasteiger partial charge in [0.1, 0.15) is 5.75 Å². The third kappa shape index (κ3) is 1.80. The minimum Gasteiger partial charge on any atom is -0.497 e. The van der Waals surface area contributed by atoms with Crippen molar-refractivity contribution in [2.45, 2.75) is 18.6 Å². The summed E-state index contributed by atoms with van der Waals surface area (Å²) in [6, 6.07) is 6.89. The second-order valence-corrected chi connectivity index (χ2v) is 3.49. The quantitative estimate of drug-likeness (QED) is 0.741. The molecule has 1 atom stereocenters. The maximum atomic E-state index is 11.0. The van der Waals surface area contributed by atoms with Crippen LogP contribution in [0.3, 0.4) is 0 Å². The van der Waals surface area contributed by atoms with Crippen molar-refractivity contribution in [2.75, 3.05) is 7.11 Å². The predicted octanol–water partition coefficient (Wildman–Crippen LogP) is 1.18. The molecule has 1 fully saturated rings. The second kappa shape index (κ2) is 3.55. The number of cyclic esters (lactones) is 1. The summed E-state index contributed by atoms with van der Waals surface area (Å²) in [7, 11) is 1.55. The topological polar surface area (TPSA) is 55.8 Å². The molecule has 0 bridgehead atoms. The number of ether oxygens (including phenoxy) is 2. The van der Waals surface area contributed by atoms with Crippen LogP contribution in [0, 0.1) is 0 Å². The smallest absolute Gasteiger partial charge is 0.308 e. The van der Waals surface area contributed by atoms with Crippen LogP contribution in [0.1, 0.15) is 18.4 Å². The zero-order valence-corrected chi connectivity index (χ0v) is 8.40. The van der Waals surface area contributed by atoms with E-state index in [1.54, 1.807) is 31.4 Å². The Balaban J connectivity index is 2.32. The molecule has 1 aliphatic rings. The summed E-state index contributed by atoms with van der Waals surface area (Å²) < 4.78 is 9.93. The van der Waals surface area contributed by atoms with Crippen molar-refractivity contribution in [3.8, 4) is 5.75 Å². The van der Waals surface area contributed by atoms with E-state index in [2.05, 4.69) is 0 Å². The maximum absolute atomic E-state index is 11.0. The van der Waals surface area contributed by atoms with E-state index in [0.29, 0.717) is 17.7 Å². The normalized spacial score (nSPS) is 25.1. The fraction of sp³-hybridized carbons (Fsp3) is 0.364. The fourth-order valence-electron chi connectivity index (χ4n) is 1.63. The first-order valence-corrected chi connectivity index (χ1v) is 4.73. The van der Waals surface area contributed by atoms with Gasteiger partial charge in [0, 0.05) is 12.0 Å². The molecule has 2 rings (SSSR count). The monoisotopic (exact) mass is 208 g/mol. The number of methoxy groups -OCH3 is 1. The molecule has 1 aromatic carbocycles. The van der Waals surface area contributed by atoms with Gasteiger partial charge in [-0.05, 0) is 12.1 Å². The molecule has 0 aromatic heterocycles. The van der Waals surface area contributed by atoms with Crippen LogP contribution >= 0.6 is 0 Å². The van der Waals surface area contributed by atoms with Crippen molar-refractivity contribution in [1.82, 2.24) is 0 Å². The summed E-state index contributed by atoms with van der Waals surface area (Å²) in [6.07, 6.45) is 0.534.